The number of aromatic nitrogens is 3. The van der Waals surface area contributed by atoms with Gasteiger partial charge in [0.25, 0.3) is 0 Å². The van der Waals surface area contributed by atoms with Gasteiger partial charge in [-0.2, -0.15) is 5.06 Å². The molecule has 132 valence electrons. The van der Waals surface area contributed by atoms with Gasteiger partial charge in [0.15, 0.2) is 5.15 Å². The van der Waals surface area contributed by atoms with Gasteiger partial charge in [0.1, 0.15) is 17.9 Å². The van der Waals surface area contributed by atoms with Crippen LogP contribution in [-0.2, 0) is 22.7 Å². The fraction of sp³-hybridized carbons (Fsp3) is 0.444. The highest BCUT2D eigenvalue weighted by molar-refractivity contribution is 6.35. The van der Waals surface area contributed by atoms with Gasteiger partial charge in [-0.05, 0) is 19.4 Å². The molecule has 0 amide bonds. The second-order valence-corrected chi connectivity index (χ2v) is 6.62. The molecule has 0 bridgehead atoms. The Morgan fingerprint density at radius 1 is 1.32 bits per heavy atom. The second-order valence-electron chi connectivity index (χ2n) is 6.26. The first-order valence-corrected chi connectivity index (χ1v) is 8.94. The monoisotopic (exact) mass is 360 g/mol. The van der Waals surface area contributed by atoms with Gasteiger partial charge in [0.05, 0.1) is 23.7 Å². The second kappa shape index (κ2) is 6.88. The third-order valence-corrected chi connectivity index (χ3v) is 4.80. The smallest absolute Gasteiger partial charge is 0.157 e. The van der Waals surface area contributed by atoms with E-state index < -0.39 is 0 Å². The van der Waals surface area contributed by atoms with Crippen molar-refractivity contribution in [3.8, 4) is 0 Å². The molecule has 1 aromatic carbocycles. The Balaban J connectivity index is 1.88. The van der Waals surface area contributed by atoms with Gasteiger partial charge in [0.2, 0.25) is 0 Å². The van der Waals surface area contributed by atoms with E-state index in [1.807, 2.05) is 37.2 Å². The van der Waals surface area contributed by atoms with Crippen LogP contribution in [0.2, 0.25) is 5.15 Å². The van der Waals surface area contributed by atoms with Gasteiger partial charge in [-0.1, -0.05) is 29.8 Å². The highest BCUT2D eigenvalue weighted by Crippen LogP contribution is 2.31. The molecule has 25 heavy (non-hydrogen) atoms. The third kappa shape index (κ3) is 3.11. The summed E-state index contributed by atoms with van der Waals surface area (Å²) in [5.74, 6) is 0.857. The number of hydrogen-bond acceptors (Lipinski definition) is 5. The van der Waals surface area contributed by atoms with Crippen molar-refractivity contribution in [3.05, 3.63) is 35.2 Å². The van der Waals surface area contributed by atoms with Crippen LogP contribution in [-0.4, -0.2) is 45.9 Å². The molecule has 2 aromatic heterocycles. The number of imidazole rings is 1. The number of pyridine rings is 1. The summed E-state index contributed by atoms with van der Waals surface area (Å²) in [7, 11) is 1.96. The molecule has 4 rings (SSSR count). The highest BCUT2D eigenvalue weighted by Gasteiger charge is 2.25. The number of rotatable bonds is 5. The first-order valence-electron chi connectivity index (χ1n) is 8.56. The lowest BCUT2D eigenvalue weighted by Gasteiger charge is -2.16. The van der Waals surface area contributed by atoms with E-state index in [0.717, 1.165) is 40.7 Å². The summed E-state index contributed by atoms with van der Waals surface area (Å²) in [4.78, 5) is 15.1. The number of fused-ring (bicyclic) bond motifs is 3. The number of halogens is 1. The molecule has 0 aliphatic carbocycles. The zero-order valence-corrected chi connectivity index (χ0v) is 15.2. The minimum Gasteiger partial charge on any atom is -0.374 e. The van der Waals surface area contributed by atoms with Crippen LogP contribution in [0.5, 0.6) is 0 Å². The molecule has 7 heteroatoms. The van der Waals surface area contributed by atoms with Crippen LogP contribution in [0, 0.1) is 0 Å². The van der Waals surface area contributed by atoms with Gasteiger partial charge in [-0.15, -0.1) is 0 Å². The summed E-state index contributed by atoms with van der Waals surface area (Å²) >= 11 is 6.43. The zero-order chi connectivity index (χ0) is 17.4. The zero-order valence-electron chi connectivity index (χ0n) is 14.4. The number of benzene rings is 1. The van der Waals surface area contributed by atoms with Crippen molar-refractivity contribution in [2.24, 2.45) is 0 Å². The maximum absolute atomic E-state index is 6.43. The van der Waals surface area contributed by atoms with E-state index in [2.05, 4.69) is 15.6 Å². The van der Waals surface area contributed by atoms with Crippen molar-refractivity contribution in [1.82, 2.24) is 19.6 Å². The molecule has 0 radical (unpaired) electrons. The van der Waals surface area contributed by atoms with E-state index in [-0.39, 0.29) is 6.10 Å². The van der Waals surface area contributed by atoms with E-state index >= 15 is 0 Å². The molecule has 6 nitrogen and oxygen atoms in total. The molecule has 3 heterocycles. The van der Waals surface area contributed by atoms with Gasteiger partial charge in [0, 0.05) is 25.6 Å². The standard InChI is InChI=1S/C18H21ClN4O2/c1-3-24-11-15-21-16-17(23(15)10-12-8-9-22(2)25-12)13-6-4-5-7-14(13)20-18(16)19/h4-7,12H,3,8-11H2,1-2H3. The quantitative estimate of drug-likeness (QED) is 0.653. The number of ether oxygens (including phenoxy) is 1. The van der Waals surface area contributed by atoms with E-state index in [4.69, 9.17) is 26.2 Å². The molecular formula is C18H21ClN4O2. The molecule has 1 atom stereocenters. The van der Waals surface area contributed by atoms with Gasteiger partial charge < -0.3 is 9.30 Å². The average Bonchev–Trinajstić information content (AvgIpc) is 3.18. The van der Waals surface area contributed by atoms with Crippen LogP contribution in [0.3, 0.4) is 0 Å². The summed E-state index contributed by atoms with van der Waals surface area (Å²) in [6, 6.07) is 8.01. The Labute approximate surface area is 151 Å². The molecule has 3 aromatic rings. The lowest BCUT2D eigenvalue weighted by molar-refractivity contribution is -0.130. The van der Waals surface area contributed by atoms with Crippen LogP contribution in [0.25, 0.3) is 21.9 Å². The Morgan fingerprint density at radius 2 is 2.16 bits per heavy atom. The molecule has 1 aliphatic heterocycles. The Bertz CT molecular complexity index is 911. The first-order chi connectivity index (χ1) is 12.2. The van der Waals surface area contributed by atoms with E-state index in [1.54, 1.807) is 0 Å². The topological polar surface area (TPSA) is 52.4 Å². The molecule has 1 saturated heterocycles. The van der Waals surface area contributed by atoms with Gasteiger partial charge >= 0.3 is 0 Å². The molecule has 0 saturated carbocycles. The van der Waals surface area contributed by atoms with Crippen molar-refractivity contribution >= 4 is 33.5 Å². The summed E-state index contributed by atoms with van der Waals surface area (Å²) in [5.41, 5.74) is 2.60. The first kappa shape index (κ1) is 16.7. The molecule has 0 spiro atoms. The van der Waals surface area contributed by atoms with Gasteiger partial charge in [-0.25, -0.2) is 9.97 Å². The lowest BCUT2D eigenvalue weighted by Crippen LogP contribution is -2.20. The predicted octanol–water partition coefficient (Wildman–Crippen LogP) is 3.41. The fourth-order valence-electron chi connectivity index (χ4n) is 3.36. The normalized spacial score (nSPS) is 18.6. The van der Waals surface area contributed by atoms with E-state index in [0.29, 0.717) is 24.9 Å². The van der Waals surface area contributed by atoms with E-state index in [9.17, 15) is 0 Å². The SMILES string of the molecule is CCOCc1nc2c(Cl)nc3ccccc3c2n1CC1CCN(C)O1. The van der Waals surface area contributed by atoms with Crippen molar-refractivity contribution in [3.63, 3.8) is 0 Å². The third-order valence-electron chi connectivity index (χ3n) is 4.54. The van der Waals surface area contributed by atoms with Crippen LogP contribution < -0.4 is 0 Å². The lowest BCUT2D eigenvalue weighted by atomic mass is 10.2. The van der Waals surface area contributed by atoms with Crippen LogP contribution in [0.4, 0.5) is 0 Å². The Kier molecular flexibility index (Phi) is 4.60. The van der Waals surface area contributed by atoms with Crippen LogP contribution in [0.15, 0.2) is 24.3 Å². The van der Waals surface area contributed by atoms with Crippen molar-refractivity contribution < 1.29 is 9.57 Å². The summed E-state index contributed by atoms with van der Waals surface area (Å²) in [5, 5.41) is 3.36. The number of para-hydroxylation sites is 1. The number of nitrogens with zero attached hydrogens (tertiary/aromatic N) is 4. The molecule has 1 unspecified atom stereocenters. The van der Waals surface area contributed by atoms with Crippen molar-refractivity contribution in [2.75, 3.05) is 20.2 Å². The van der Waals surface area contributed by atoms with Gasteiger partial charge in [-0.3, -0.25) is 4.84 Å². The molecule has 0 N–H and O–H groups in total. The fourth-order valence-corrected chi connectivity index (χ4v) is 3.58. The molecular weight excluding hydrogens is 340 g/mol. The predicted molar refractivity (Wildman–Crippen MR) is 97.5 cm³/mol. The number of hydroxylamine groups is 2. The Hall–Kier alpha value is -1.73. The largest absolute Gasteiger partial charge is 0.374 e. The molecule has 1 fully saturated rings. The summed E-state index contributed by atoms with van der Waals surface area (Å²) in [6.07, 6.45) is 1.11. The molecule has 1 aliphatic rings. The Morgan fingerprint density at radius 3 is 2.92 bits per heavy atom. The summed E-state index contributed by atoms with van der Waals surface area (Å²) < 4.78 is 7.81. The highest BCUT2D eigenvalue weighted by atomic mass is 35.5. The van der Waals surface area contributed by atoms with Crippen LogP contribution in [0.1, 0.15) is 19.2 Å². The average molecular weight is 361 g/mol. The summed E-state index contributed by atoms with van der Waals surface area (Å²) in [6.45, 7) is 4.71. The van der Waals surface area contributed by atoms with E-state index in [1.165, 1.54) is 0 Å². The van der Waals surface area contributed by atoms with Crippen molar-refractivity contribution in [1.29, 1.82) is 0 Å². The minimum atomic E-state index is 0.119. The number of hydrogen-bond donors (Lipinski definition) is 0. The van der Waals surface area contributed by atoms with Crippen LogP contribution >= 0.6 is 11.6 Å². The maximum Gasteiger partial charge on any atom is 0.157 e. The van der Waals surface area contributed by atoms with Crippen molar-refractivity contribution in [2.45, 2.75) is 32.6 Å². The maximum atomic E-state index is 6.43. The minimum absolute atomic E-state index is 0.119.